The summed E-state index contributed by atoms with van der Waals surface area (Å²) in [5.41, 5.74) is 1.57. The highest BCUT2D eigenvalue weighted by Gasteiger charge is 2.23. The average molecular weight is 449 g/mol. The highest BCUT2D eigenvalue weighted by molar-refractivity contribution is 6.52. The quantitative estimate of drug-likeness (QED) is 0.624. The van der Waals surface area contributed by atoms with Crippen molar-refractivity contribution in [2.45, 2.75) is 26.1 Å². The van der Waals surface area contributed by atoms with Gasteiger partial charge in [0.25, 0.3) is 5.91 Å². The minimum atomic E-state index is -0.526. The number of amides is 1. The van der Waals surface area contributed by atoms with E-state index in [-0.39, 0.29) is 38.1 Å². The number of aromatic nitrogens is 1. The van der Waals surface area contributed by atoms with Gasteiger partial charge in [-0.05, 0) is 38.1 Å². The molecule has 1 N–H and O–H groups in total. The second-order valence-corrected chi connectivity index (χ2v) is 7.85. The number of benzene rings is 1. The molecule has 1 aliphatic heterocycles. The number of anilines is 2. The summed E-state index contributed by atoms with van der Waals surface area (Å²) in [5.74, 6) is -0.526. The molecular weight excluding hydrogens is 432 g/mol. The Morgan fingerprint density at radius 3 is 2.22 bits per heavy atom. The lowest BCUT2D eigenvalue weighted by molar-refractivity contribution is -0.00521. The molecule has 3 rings (SSSR count). The largest absolute Gasteiger partial charge is 0.372 e. The van der Waals surface area contributed by atoms with E-state index in [1.165, 1.54) is 0 Å². The molecule has 2 heterocycles. The Morgan fingerprint density at radius 1 is 1.04 bits per heavy atom. The number of carbonyl (C=O) groups is 1. The van der Waals surface area contributed by atoms with Crippen molar-refractivity contribution in [2.75, 3.05) is 23.3 Å². The van der Waals surface area contributed by atoms with E-state index in [2.05, 4.69) is 29.0 Å². The number of carbonyl (C=O) groups excluding carboxylic acids is 1. The minimum Gasteiger partial charge on any atom is -0.372 e. The van der Waals surface area contributed by atoms with Gasteiger partial charge in [-0.2, -0.15) is 0 Å². The van der Waals surface area contributed by atoms with E-state index in [0.717, 1.165) is 18.8 Å². The van der Waals surface area contributed by atoms with Gasteiger partial charge in [0.05, 0.1) is 27.3 Å². The Kier molecular flexibility index (Phi) is 6.39. The van der Waals surface area contributed by atoms with Gasteiger partial charge in [-0.15, -0.1) is 0 Å². The topological polar surface area (TPSA) is 54.5 Å². The molecule has 1 aromatic carbocycles. The first-order valence-corrected chi connectivity index (χ1v) is 9.79. The SMILES string of the molecule is C[C@H]1CN(c2ccc(NC(=O)c3nc(Cl)c(Cl)c(Cl)c3Cl)cc2)C[C@H](C)O1. The van der Waals surface area contributed by atoms with E-state index < -0.39 is 5.91 Å². The molecule has 1 aliphatic rings. The van der Waals surface area contributed by atoms with E-state index in [4.69, 9.17) is 51.1 Å². The number of morpholine rings is 1. The van der Waals surface area contributed by atoms with Gasteiger partial charge in [0.1, 0.15) is 10.8 Å². The molecule has 0 saturated carbocycles. The molecule has 2 aromatic rings. The molecule has 0 radical (unpaired) electrons. The first-order chi connectivity index (χ1) is 12.8. The van der Waals surface area contributed by atoms with Gasteiger partial charge in [-0.1, -0.05) is 46.4 Å². The molecule has 0 unspecified atom stereocenters. The van der Waals surface area contributed by atoms with Crippen molar-refractivity contribution in [1.29, 1.82) is 0 Å². The summed E-state index contributed by atoms with van der Waals surface area (Å²) in [6, 6.07) is 7.50. The average Bonchev–Trinajstić information content (AvgIpc) is 2.62. The predicted octanol–water partition coefficient (Wildman–Crippen LogP) is 5.56. The summed E-state index contributed by atoms with van der Waals surface area (Å²) in [4.78, 5) is 18.6. The van der Waals surface area contributed by atoms with Gasteiger partial charge >= 0.3 is 0 Å². The Balaban J connectivity index is 1.74. The number of rotatable bonds is 3. The summed E-state index contributed by atoms with van der Waals surface area (Å²) in [6.45, 7) is 5.74. The smallest absolute Gasteiger partial charge is 0.275 e. The number of ether oxygens (including phenoxy) is 1. The van der Waals surface area contributed by atoms with Crippen molar-refractivity contribution in [1.82, 2.24) is 4.98 Å². The van der Waals surface area contributed by atoms with Crippen molar-refractivity contribution in [2.24, 2.45) is 0 Å². The second kappa shape index (κ2) is 8.41. The summed E-state index contributed by atoms with van der Waals surface area (Å²) >= 11 is 23.8. The number of nitrogens with zero attached hydrogens (tertiary/aromatic N) is 2. The molecule has 1 amide bonds. The summed E-state index contributed by atoms with van der Waals surface area (Å²) in [6.07, 6.45) is 0.335. The van der Waals surface area contributed by atoms with Crippen LogP contribution in [0.15, 0.2) is 24.3 Å². The number of nitrogens with one attached hydrogen (secondary N) is 1. The third-order valence-corrected chi connectivity index (χ3v) is 5.79. The van der Waals surface area contributed by atoms with E-state index in [9.17, 15) is 4.79 Å². The van der Waals surface area contributed by atoms with Crippen molar-refractivity contribution >= 4 is 63.7 Å². The van der Waals surface area contributed by atoms with Crippen LogP contribution in [0.25, 0.3) is 0 Å². The highest BCUT2D eigenvalue weighted by Crippen LogP contribution is 2.36. The van der Waals surface area contributed by atoms with Crippen LogP contribution in [0.1, 0.15) is 24.3 Å². The van der Waals surface area contributed by atoms with Crippen LogP contribution in [0.2, 0.25) is 20.2 Å². The van der Waals surface area contributed by atoms with Gasteiger partial charge < -0.3 is 15.0 Å². The number of hydrogen-bond acceptors (Lipinski definition) is 4. The van der Waals surface area contributed by atoms with Gasteiger partial charge in [-0.3, -0.25) is 4.79 Å². The predicted molar refractivity (Wildman–Crippen MR) is 111 cm³/mol. The fourth-order valence-corrected chi connectivity index (χ4v) is 3.79. The van der Waals surface area contributed by atoms with Gasteiger partial charge in [0.15, 0.2) is 0 Å². The van der Waals surface area contributed by atoms with Gasteiger partial charge in [0.2, 0.25) is 0 Å². The molecule has 9 heteroatoms. The molecule has 5 nitrogen and oxygen atoms in total. The van der Waals surface area contributed by atoms with E-state index in [1.807, 2.05) is 24.3 Å². The molecule has 1 saturated heterocycles. The monoisotopic (exact) mass is 447 g/mol. The zero-order valence-electron chi connectivity index (χ0n) is 14.6. The van der Waals surface area contributed by atoms with Gasteiger partial charge in [0, 0.05) is 24.5 Å². The lowest BCUT2D eigenvalue weighted by Gasteiger charge is -2.36. The van der Waals surface area contributed by atoms with Crippen molar-refractivity contribution in [3.8, 4) is 0 Å². The summed E-state index contributed by atoms with van der Waals surface area (Å²) in [5, 5.41) is 2.61. The fraction of sp³-hybridized carbons (Fsp3) is 0.333. The van der Waals surface area contributed by atoms with Crippen LogP contribution >= 0.6 is 46.4 Å². The molecule has 144 valence electrons. The number of halogens is 4. The third-order valence-electron chi connectivity index (χ3n) is 4.11. The standard InChI is InChI=1S/C18H17Cl4N3O2/c1-9-7-25(8-10(2)27-9)12-5-3-11(4-6-12)23-18(26)16-14(20)13(19)15(21)17(22)24-16/h3-6,9-10H,7-8H2,1-2H3,(H,23,26)/t9-,10-/m0/s1. The molecule has 2 atom stereocenters. The van der Waals surface area contributed by atoms with E-state index >= 15 is 0 Å². The second-order valence-electron chi connectivity index (χ2n) is 6.36. The summed E-state index contributed by atoms with van der Waals surface area (Å²) in [7, 11) is 0. The Morgan fingerprint density at radius 2 is 1.63 bits per heavy atom. The highest BCUT2D eigenvalue weighted by atomic mass is 35.5. The molecule has 0 bridgehead atoms. The lowest BCUT2D eigenvalue weighted by Crippen LogP contribution is -2.45. The normalized spacial score (nSPS) is 19.9. The van der Waals surface area contributed by atoms with Crippen LogP contribution in [-0.2, 0) is 4.74 Å². The Bertz CT molecular complexity index is 851. The Hall–Kier alpha value is -1.24. The van der Waals surface area contributed by atoms with E-state index in [1.54, 1.807) is 0 Å². The lowest BCUT2D eigenvalue weighted by atomic mass is 10.2. The maximum absolute atomic E-state index is 12.5. The molecule has 1 aromatic heterocycles. The van der Waals surface area contributed by atoms with Gasteiger partial charge in [-0.25, -0.2) is 4.98 Å². The van der Waals surface area contributed by atoms with Crippen molar-refractivity contribution < 1.29 is 9.53 Å². The van der Waals surface area contributed by atoms with Crippen LogP contribution in [0, 0.1) is 0 Å². The first-order valence-electron chi connectivity index (χ1n) is 8.28. The molecular formula is C18H17Cl4N3O2. The molecule has 0 spiro atoms. The molecule has 1 fully saturated rings. The number of pyridine rings is 1. The van der Waals surface area contributed by atoms with Crippen LogP contribution in [0.4, 0.5) is 11.4 Å². The molecule has 27 heavy (non-hydrogen) atoms. The fourth-order valence-electron chi connectivity index (χ4n) is 2.97. The third kappa shape index (κ3) is 4.61. The van der Waals surface area contributed by atoms with Crippen LogP contribution in [0.5, 0.6) is 0 Å². The van der Waals surface area contributed by atoms with Crippen molar-refractivity contribution in [3.63, 3.8) is 0 Å². The number of hydrogen-bond donors (Lipinski definition) is 1. The Labute approximate surface area is 177 Å². The maximum Gasteiger partial charge on any atom is 0.275 e. The van der Waals surface area contributed by atoms with E-state index in [0.29, 0.717) is 5.69 Å². The molecule has 0 aliphatic carbocycles. The minimum absolute atomic E-state index is 0.00520. The van der Waals surface area contributed by atoms with Crippen LogP contribution in [-0.4, -0.2) is 36.2 Å². The zero-order chi connectivity index (χ0) is 19.7. The summed E-state index contributed by atoms with van der Waals surface area (Å²) < 4.78 is 5.75. The first kappa shape index (κ1) is 20.5. The van der Waals surface area contributed by atoms with Crippen LogP contribution in [0.3, 0.4) is 0 Å². The maximum atomic E-state index is 12.5. The van der Waals surface area contributed by atoms with Crippen molar-refractivity contribution in [3.05, 3.63) is 50.2 Å². The van der Waals surface area contributed by atoms with Crippen LogP contribution < -0.4 is 10.2 Å². The zero-order valence-corrected chi connectivity index (χ0v) is 17.6.